The number of anilines is 2. The zero-order chi connectivity index (χ0) is 12.0. The lowest BCUT2D eigenvalue weighted by atomic mass is 10.3. The summed E-state index contributed by atoms with van der Waals surface area (Å²) in [7, 11) is 5.61. The van der Waals surface area contributed by atoms with E-state index >= 15 is 0 Å². The van der Waals surface area contributed by atoms with Crippen molar-refractivity contribution in [1.29, 1.82) is 0 Å². The Bertz CT molecular complexity index is 330. The third-order valence-corrected chi connectivity index (χ3v) is 2.50. The van der Waals surface area contributed by atoms with Crippen molar-refractivity contribution in [3.8, 4) is 0 Å². The molecule has 1 aromatic heterocycles. The zero-order valence-electron chi connectivity index (χ0n) is 10.4. The van der Waals surface area contributed by atoms with E-state index in [0.717, 1.165) is 36.8 Å². The molecule has 0 aromatic carbocycles. The summed E-state index contributed by atoms with van der Waals surface area (Å²) in [5, 5.41) is 3.06. The van der Waals surface area contributed by atoms with E-state index in [4.69, 9.17) is 4.74 Å². The van der Waals surface area contributed by atoms with Crippen molar-refractivity contribution < 1.29 is 4.74 Å². The summed E-state index contributed by atoms with van der Waals surface area (Å²) >= 11 is 0. The number of hydrogen-bond donors (Lipinski definition) is 1. The van der Waals surface area contributed by atoms with Gasteiger partial charge in [-0.2, -0.15) is 0 Å². The topological polar surface area (TPSA) is 50.3 Å². The molecule has 90 valence electrons. The second-order valence-electron chi connectivity index (χ2n) is 3.69. The van der Waals surface area contributed by atoms with E-state index in [9.17, 15) is 0 Å². The Morgan fingerprint density at radius 3 is 2.81 bits per heavy atom. The molecule has 0 radical (unpaired) electrons. The van der Waals surface area contributed by atoms with Crippen LogP contribution < -0.4 is 10.2 Å². The molecule has 0 aliphatic heterocycles. The first-order valence-electron chi connectivity index (χ1n) is 5.40. The Hall–Kier alpha value is -1.36. The fourth-order valence-corrected chi connectivity index (χ4v) is 1.63. The number of hydrogen-bond acceptors (Lipinski definition) is 5. The highest BCUT2D eigenvalue weighted by Gasteiger charge is 2.09. The van der Waals surface area contributed by atoms with Crippen LogP contribution in [0.5, 0.6) is 0 Å². The van der Waals surface area contributed by atoms with Crippen LogP contribution in [0.4, 0.5) is 11.6 Å². The van der Waals surface area contributed by atoms with E-state index in [2.05, 4.69) is 20.2 Å². The highest BCUT2D eigenvalue weighted by Crippen LogP contribution is 2.20. The van der Waals surface area contributed by atoms with Gasteiger partial charge in [0.25, 0.3) is 0 Å². The van der Waals surface area contributed by atoms with Gasteiger partial charge in [0.05, 0.1) is 0 Å². The molecular weight excluding hydrogens is 204 g/mol. The fraction of sp³-hybridized carbons (Fsp3) is 0.636. The van der Waals surface area contributed by atoms with Crippen molar-refractivity contribution in [2.24, 2.45) is 0 Å². The summed E-state index contributed by atoms with van der Waals surface area (Å²) in [4.78, 5) is 10.6. The molecule has 0 fully saturated rings. The van der Waals surface area contributed by atoms with E-state index in [1.54, 1.807) is 13.4 Å². The molecule has 0 saturated carbocycles. The van der Waals surface area contributed by atoms with Gasteiger partial charge < -0.3 is 15.0 Å². The molecule has 1 heterocycles. The Labute approximate surface area is 96.8 Å². The molecular formula is C11H20N4O. The van der Waals surface area contributed by atoms with Crippen LogP contribution in [0.25, 0.3) is 0 Å². The number of methoxy groups -OCH3 is 1. The average molecular weight is 224 g/mol. The molecule has 0 spiro atoms. The Balaban J connectivity index is 2.71. The van der Waals surface area contributed by atoms with Crippen molar-refractivity contribution in [2.45, 2.75) is 13.3 Å². The molecule has 0 aliphatic carbocycles. The molecule has 0 saturated heterocycles. The first kappa shape index (κ1) is 12.7. The lowest BCUT2D eigenvalue weighted by Crippen LogP contribution is -2.22. The van der Waals surface area contributed by atoms with E-state index in [1.807, 2.05) is 21.0 Å². The predicted octanol–water partition coefficient (Wildman–Crippen LogP) is 1.30. The number of nitrogens with zero attached hydrogens (tertiary/aromatic N) is 3. The first-order chi connectivity index (χ1) is 7.70. The molecule has 0 aliphatic rings. The summed E-state index contributed by atoms with van der Waals surface area (Å²) in [5.74, 6) is 1.85. The first-order valence-corrected chi connectivity index (χ1v) is 5.40. The van der Waals surface area contributed by atoms with Crippen LogP contribution in [0.3, 0.4) is 0 Å². The monoisotopic (exact) mass is 224 g/mol. The van der Waals surface area contributed by atoms with Crippen molar-refractivity contribution >= 4 is 11.6 Å². The second kappa shape index (κ2) is 6.27. The van der Waals surface area contributed by atoms with Crippen LogP contribution >= 0.6 is 0 Å². The Morgan fingerprint density at radius 2 is 2.19 bits per heavy atom. The maximum atomic E-state index is 5.03. The third-order valence-electron chi connectivity index (χ3n) is 2.50. The van der Waals surface area contributed by atoms with Gasteiger partial charge >= 0.3 is 0 Å². The largest absolute Gasteiger partial charge is 0.385 e. The number of ether oxygens (including phenoxy) is 1. The molecule has 5 heteroatoms. The maximum absolute atomic E-state index is 5.03. The molecule has 0 atom stereocenters. The minimum absolute atomic E-state index is 0.771. The van der Waals surface area contributed by atoms with Crippen molar-refractivity contribution in [3.05, 3.63) is 11.9 Å². The number of nitrogens with one attached hydrogen (secondary N) is 1. The molecule has 1 rings (SSSR count). The number of rotatable bonds is 6. The van der Waals surface area contributed by atoms with E-state index in [1.165, 1.54) is 0 Å². The molecule has 1 aromatic rings. The molecule has 16 heavy (non-hydrogen) atoms. The molecule has 5 nitrogen and oxygen atoms in total. The summed E-state index contributed by atoms with van der Waals surface area (Å²) < 4.78 is 5.03. The maximum Gasteiger partial charge on any atom is 0.136 e. The third kappa shape index (κ3) is 3.06. The van der Waals surface area contributed by atoms with Gasteiger partial charge in [0.2, 0.25) is 0 Å². The lowest BCUT2D eigenvalue weighted by molar-refractivity contribution is 0.196. The highest BCUT2D eigenvalue weighted by atomic mass is 16.5. The van der Waals surface area contributed by atoms with Gasteiger partial charge in [0.15, 0.2) is 0 Å². The van der Waals surface area contributed by atoms with Gasteiger partial charge in [-0.05, 0) is 13.3 Å². The van der Waals surface area contributed by atoms with Crippen LogP contribution in [0, 0.1) is 6.92 Å². The van der Waals surface area contributed by atoms with Gasteiger partial charge in [-0.25, -0.2) is 9.97 Å². The van der Waals surface area contributed by atoms with Crippen molar-refractivity contribution in [3.63, 3.8) is 0 Å². The fourth-order valence-electron chi connectivity index (χ4n) is 1.63. The van der Waals surface area contributed by atoms with Gasteiger partial charge in [0.1, 0.15) is 18.0 Å². The van der Waals surface area contributed by atoms with E-state index in [-0.39, 0.29) is 0 Å². The van der Waals surface area contributed by atoms with Crippen LogP contribution in [0.15, 0.2) is 6.33 Å². The molecule has 0 unspecified atom stereocenters. The molecule has 0 bridgehead atoms. The average Bonchev–Trinajstić information content (AvgIpc) is 2.29. The van der Waals surface area contributed by atoms with Crippen LogP contribution in [-0.4, -0.2) is 44.3 Å². The second-order valence-corrected chi connectivity index (χ2v) is 3.69. The summed E-state index contributed by atoms with van der Waals surface area (Å²) in [6.45, 7) is 3.72. The van der Waals surface area contributed by atoms with Crippen LogP contribution in [-0.2, 0) is 4.74 Å². The van der Waals surface area contributed by atoms with E-state index in [0.29, 0.717) is 0 Å². The number of aromatic nitrogens is 2. The Kier molecular flexibility index (Phi) is 4.98. The SMILES string of the molecule is CNc1ncnc(N(C)CCCOC)c1C. The van der Waals surface area contributed by atoms with Gasteiger partial charge in [-0.1, -0.05) is 0 Å². The minimum Gasteiger partial charge on any atom is -0.385 e. The quantitative estimate of drug-likeness (QED) is 0.738. The van der Waals surface area contributed by atoms with Crippen LogP contribution in [0.1, 0.15) is 12.0 Å². The highest BCUT2D eigenvalue weighted by molar-refractivity contribution is 5.57. The summed E-state index contributed by atoms with van der Waals surface area (Å²) in [6, 6.07) is 0. The normalized spacial score (nSPS) is 10.2. The zero-order valence-corrected chi connectivity index (χ0v) is 10.4. The van der Waals surface area contributed by atoms with E-state index < -0.39 is 0 Å². The van der Waals surface area contributed by atoms with Gasteiger partial charge in [-0.3, -0.25) is 0 Å². The van der Waals surface area contributed by atoms with Crippen molar-refractivity contribution in [1.82, 2.24) is 9.97 Å². The molecule has 0 amide bonds. The minimum atomic E-state index is 0.771. The van der Waals surface area contributed by atoms with Crippen molar-refractivity contribution in [2.75, 3.05) is 44.6 Å². The smallest absolute Gasteiger partial charge is 0.136 e. The lowest BCUT2D eigenvalue weighted by Gasteiger charge is -2.20. The van der Waals surface area contributed by atoms with Gasteiger partial charge in [0, 0.05) is 39.9 Å². The van der Waals surface area contributed by atoms with Gasteiger partial charge in [-0.15, -0.1) is 0 Å². The summed E-state index contributed by atoms with van der Waals surface area (Å²) in [5.41, 5.74) is 1.07. The van der Waals surface area contributed by atoms with Crippen LogP contribution in [0.2, 0.25) is 0 Å². The predicted molar refractivity (Wildman–Crippen MR) is 66.1 cm³/mol. The standard InChI is InChI=1S/C11H20N4O/c1-9-10(12-2)13-8-14-11(9)15(3)6-5-7-16-4/h8H,5-7H2,1-4H3,(H,12,13,14). The molecule has 1 N–H and O–H groups in total. The Morgan fingerprint density at radius 1 is 1.44 bits per heavy atom. The summed E-state index contributed by atoms with van der Waals surface area (Å²) in [6.07, 6.45) is 2.58.